The van der Waals surface area contributed by atoms with Crippen molar-refractivity contribution in [1.29, 1.82) is 0 Å². The van der Waals surface area contributed by atoms with Crippen molar-refractivity contribution in [2.45, 2.75) is 19.4 Å². The van der Waals surface area contributed by atoms with Crippen molar-refractivity contribution in [1.82, 2.24) is 10.1 Å². The Labute approximate surface area is 123 Å². The van der Waals surface area contributed by atoms with Gasteiger partial charge in [-0.15, -0.1) is 0 Å². The maximum absolute atomic E-state index is 10.2. The molecule has 1 heterocycles. The Kier molecular flexibility index (Phi) is 3.79. The zero-order valence-electron chi connectivity index (χ0n) is 11.7. The Bertz CT molecular complexity index is 705. The number of aromatic nitrogens is 2. The van der Waals surface area contributed by atoms with Crippen LogP contribution in [0.15, 0.2) is 59.1 Å². The lowest BCUT2D eigenvalue weighted by Crippen LogP contribution is -1.99. The summed E-state index contributed by atoms with van der Waals surface area (Å²) in [6, 6.07) is 17.3. The van der Waals surface area contributed by atoms with E-state index >= 15 is 0 Å². The van der Waals surface area contributed by atoms with Gasteiger partial charge in [0.25, 0.3) is 5.89 Å². The molecule has 0 aliphatic heterocycles. The van der Waals surface area contributed by atoms with Crippen molar-refractivity contribution in [3.05, 3.63) is 71.6 Å². The molecule has 1 N–H and O–H groups in total. The van der Waals surface area contributed by atoms with E-state index in [9.17, 15) is 5.11 Å². The molecule has 1 unspecified atom stereocenters. The first-order valence-corrected chi connectivity index (χ1v) is 6.94. The Morgan fingerprint density at radius 2 is 1.76 bits per heavy atom. The highest BCUT2D eigenvalue weighted by Gasteiger charge is 2.18. The number of hydrogen-bond acceptors (Lipinski definition) is 4. The average molecular weight is 280 g/mol. The Morgan fingerprint density at radius 3 is 2.43 bits per heavy atom. The van der Waals surface area contributed by atoms with E-state index in [1.807, 2.05) is 54.6 Å². The van der Waals surface area contributed by atoms with Crippen molar-refractivity contribution in [2.75, 3.05) is 0 Å². The van der Waals surface area contributed by atoms with Gasteiger partial charge < -0.3 is 9.63 Å². The molecule has 21 heavy (non-hydrogen) atoms. The minimum Gasteiger partial charge on any atom is -0.378 e. The van der Waals surface area contributed by atoms with E-state index in [0.717, 1.165) is 17.5 Å². The van der Waals surface area contributed by atoms with Gasteiger partial charge in [-0.1, -0.05) is 66.7 Å². The Balaban J connectivity index is 1.85. The minimum atomic E-state index is -0.901. The molecule has 0 aliphatic rings. The predicted octanol–water partition coefficient (Wildman–Crippen LogP) is 3.38. The summed E-state index contributed by atoms with van der Waals surface area (Å²) in [6.07, 6.45) is 0.0900. The van der Waals surface area contributed by atoms with Gasteiger partial charge in [0.05, 0.1) is 0 Å². The fourth-order valence-corrected chi connectivity index (χ4v) is 2.13. The fourth-order valence-electron chi connectivity index (χ4n) is 2.13. The maximum atomic E-state index is 10.2. The number of benzene rings is 2. The summed E-state index contributed by atoms with van der Waals surface area (Å²) in [6.45, 7) is 2.11. The van der Waals surface area contributed by atoms with Crippen LogP contribution in [0.25, 0.3) is 11.4 Å². The van der Waals surface area contributed by atoms with Crippen molar-refractivity contribution in [3.63, 3.8) is 0 Å². The number of rotatable bonds is 4. The van der Waals surface area contributed by atoms with E-state index < -0.39 is 6.10 Å². The topological polar surface area (TPSA) is 59.2 Å². The number of aryl methyl sites for hydroxylation is 1. The first-order valence-electron chi connectivity index (χ1n) is 6.94. The molecule has 0 bridgehead atoms. The van der Waals surface area contributed by atoms with E-state index in [2.05, 4.69) is 17.1 Å². The van der Waals surface area contributed by atoms with Crippen LogP contribution in [0.4, 0.5) is 0 Å². The van der Waals surface area contributed by atoms with Gasteiger partial charge in [0.2, 0.25) is 5.82 Å². The summed E-state index contributed by atoms with van der Waals surface area (Å²) in [5.74, 6) is 0.693. The van der Waals surface area contributed by atoms with Crippen LogP contribution >= 0.6 is 0 Å². The molecule has 0 radical (unpaired) electrons. The summed E-state index contributed by atoms with van der Waals surface area (Å²) in [4.78, 5) is 4.28. The summed E-state index contributed by atoms with van der Waals surface area (Å²) >= 11 is 0. The monoisotopic (exact) mass is 280 g/mol. The molecule has 106 valence electrons. The molecule has 1 atom stereocenters. The van der Waals surface area contributed by atoms with Crippen molar-refractivity contribution >= 4 is 0 Å². The lowest BCUT2D eigenvalue weighted by Gasteiger charge is -2.04. The van der Waals surface area contributed by atoms with Gasteiger partial charge in [0.1, 0.15) is 0 Å². The molecule has 0 fully saturated rings. The van der Waals surface area contributed by atoms with Crippen molar-refractivity contribution in [2.24, 2.45) is 0 Å². The van der Waals surface area contributed by atoms with Crippen LogP contribution in [0, 0.1) is 0 Å². The summed E-state index contributed by atoms with van der Waals surface area (Å²) in [5, 5.41) is 14.2. The van der Waals surface area contributed by atoms with E-state index in [1.54, 1.807) is 0 Å². The van der Waals surface area contributed by atoms with Gasteiger partial charge in [-0.3, -0.25) is 0 Å². The molecule has 0 amide bonds. The quantitative estimate of drug-likeness (QED) is 0.796. The lowest BCUT2D eigenvalue weighted by molar-refractivity contribution is 0.170. The lowest BCUT2D eigenvalue weighted by atomic mass is 10.1. The third-order valence-electron chi connectivity index (χ3n) is 3.41. The van der Waals surface area contributed by atoms with Crippen LogP contribution in [-0.2, 0) is 6.42 Å². The standard InChI is InChI=1S/C17H16N2O2/c1-2-12-8-10-14(11-9-12)16-18-17(21-19-16)15(20)13-6-4-3-5-7-13/h3-11,15,20H,2H2,1H3. The third-order valence-corrected chi connectivity index (χ3v) is 3.41. The van der Waals surface area contributed by atoms with Crippen LogP contribution in [-0.4, -0.2) is 15.2 Å². The number of aliphatic hydroxyl groups is 1. The van der Waals surface area contributed by atoms with Gasteiger partial charge in [0, 0.05) is 5.56 Å². The van der Waals surface area contributed by atoms with E-state index in [0.29, 0.717) is 5.82 Å². The van der Waals surface area contributed by atoms with Gasteiger partial charge in [0.15, 0.2) is 6.10 Å². The molecule has 0 spiro atoms. The fraction of sp³-hybridized carbons (Fsp3) is 0.176. The van der Waals surface area contributed by atoms with Crippen LogP contribution in [0.1, 0.15) is 30.0 Å². The van der Waals surface area contributed by atoms with Gasteiger partial charge in [-0.05, 0) is 17.5 Å². The van der Waals surface area contributed by atoms with Crippen LogP contribution < -0.4 is 0 Å². The Morgan fingerprint density at radius 1 is 1.05 bits per heavy atom. The molecule has 0 saturated heterocycles. The zero-order chi connectivity index (χ0) is 14.7. The number of nitrogens with zero attached hydrogens (tertiary/aromatic N) is 2. The molecular weight excluding hydrogens is 264 g/mol. The van der Waals surface area contributed by atoms with E-state index in [1.165, 1.54) is 5.56 Å². The molecule has 3 aromatic rings. The number of aliphatic hydroxyl groups excluding tert-OH is 1. The highest BCUT2D eigenvalue weighted by atomic mass is 16.5. The van der Waals surface area contributed by atoms with Gasteiger partial charge in [-0.2, -0.15) is 4.98 Å². The Hall–Kier alpha value is -2.46. The molecule has 1 aromatic heterocycles. The SMILES string of the molecule is CCc1ccc(-c2noc(C(O)c3ccccc3)n2)cc1. The molecule has 3 rings (SSSR count). The minimum absolute atomic E-state index is 0.204. The second-order valence-corrected chi connectivity index (χ2v) is 4.82. The number of hydrogen-bond donors (Lipinski definition) is 1. The summed E-state index contributed by atoms with van der Waals surface area (Å²) in [5.41, 5.74) is 2.86. The first-order chi connectivity index (χ1) is 10.3. The van der Waals surface area contributed by atoms with Crippen LogP contribution in [0.5, 0.6) is 0 Å². The average Bonchev–Trinajstić information content (AvgIpc) is 3.05. The third kappa shape index (κ3) is 2.85. The second kappa shape index (κ2) is 5.89. The first kappa shape index (κ1) is 13.5. The molecule has 0 saturated carbocycles. The second-order valence-electron chi connectivity index (χ2n) is 4.82. The maximum Gasteiger partial charge on any atom is 0.260 e. The van der Waals surface area contributed by atoms with Crippen molar-refractivity contribution < 1.29 is 9.63 Å². The summed E-state index contributed by atoms with van der Waals surface area (Å²) < 4.78 is 5.18. The molecular formula is C17H16N2O2. The van der Waals surface area contributed by atoms with Crippen LogP contribution in [0.2, 0.25) is 0 Å². The summed E-state index contributed by atoms with van der Waals surface area (Å²) in [7, 11) is 0. The molecule has 0 aliphatic carbocycles. The normalized spacial score (nSPS) is 12.3. The van der Waals surface area contributed by atoms with Crippen LogP contribution in [0.3, 0.4) is 0 Å². The van der Waals surface area contributed by atoms with Gasteiger partial charge >= 0.3 is 0 Å². The van der Waals surface area contributed by atoms with Gasteiger partial charge in [-0.25, -0.2) is 0 Å². The van der Waals surface area contributed by atoms with E-state index in [4.69, 9.17) is 4.52 Å². The molecule has 2 aromatic carbocycles. The highest BCUT2D eigenvalue weighted by molar-refractivity contribution is 5.54. The molecule has 4 nitrogen and oxygen atoms in total. The highest BCUT2D eigenvalue weighted by Crippen LogP contribution is 2.23. The zero-order valence-corrected chi connectivity index (χ0v) is 11.7. The predicted molar refractivity (Wildman–Crippen MR) is 79.6 cm³/mol. The molecule has 4 heteroatoms. The largest absolute Gasteiger partial charge is 0.378 e. The smallest absolute Gasteiger partial charge is 0.260 e. The van der Waals surface area contributed by atoms with E-state index in [-0.39, 0.29) is 5.89 Å². The van der Waals surface area contributed by atoms with Crippen molar-refractivity contribution in [3.8, 4) is 11.4 Å².